The second-order valence-corrected chi connectivity index (χ2v) is 9.31. The Morgan fingerprint density at radius 1 is 0.875 bits per heavy atom. The Labute approximate surface area is 228 Å². The van der Waals surface area contributed by atoms with Gasteiger partial charge >= 0.3 is 0 Å². The minimum atomic E-state index is -0.570. The summed E-state index contributed by atoms with van der Waals surface area (Å²) in [7, 11) is 0. The molecule has 1 aromatic heterocycles. The number of hydrogen-bond donors (Lipinski definition) is 0. The number of halogens is 1. The van der Waals surface area contributed by atoms with E-state index in [1.807, 2.05) is 42.6 Å². The molecule has 0 fully saturated rings. The highest BCUT2D eigenvalue weighted by atomic mass is 19.1. The number of rotatable bonds is 6. The van der Waals surface area contributed by atoms with Gasteiger partial charge in [0.05, 0.1) is 28.1 Å². The largest absolute Gasteiger partial charge is 0.274 e. The van der Waals surface area contributed by atoms with Crippen LogP contribution in [0.5, 0.6) is 0 Å². The third kappa shape index (κ3) is 4.76. The van der Waals surface area contributed by atoms with E-state index in [4.69, 9.17) is 10.2 Å². The highest BCUT2D eigenvalue weighted by molar-refractivity contribution is 6.05. The van der Waals surface area contributed by atoms with E-state index in [0.717, 1.165) is 5.69 Å². The van der Waals surface area contributed by atoms with E-state index < -0.39 is 11.0 Å². The number of non-ortho nitro benzene ring substituents is 1. The van der Waals surface area contributed by atoms with Crippen LogP contribution < -0.4 is 0 Å². The number of carbonyl (C=O) groups is 1. The lowest BCUT2D eigenvalue weighted by atomic mass is 9.96. The molecule has 0 spiro atoms. The number of hydrogen-bond acceptors (Lipinski definition) is 5. The molecule has 1 aliphatic rings. The fourth-order valence-electron chi connectivity index (χ4n) is 4.80. The Kier molecular flexibility index (Phi) is 6.45. The highest BCUT2D eigenvalue weighted by Gasteiger charge is 2.37. The fraction of sp³-hybridized carbons (Fsp3) is 0.0645. The molecule has 0 saturated heterocycles. The number of benzene rings is 4. The van der Waals surface area contributed by atoms with E-state index in [2.05, 4.69) is 0 Å². The Balaban J connectivity index is 1.49. The smallest absolute Gasteiger partial charge is 0.267 e. The number of para-hydroxylation sites is 1. The number of hydrazone groups is 1. The molecule has 1 atom stereocenters. The first kappa shape index (κ1) is 24.9. The number of carbonyl (C=O) groups excluding carboxylic acids is 1. The first-order valence-electron chi connectivity index (χ1n) is 12.6. The molecule has 0 saturated carbocycles. The van der Waals surface area contributed by atoms with E-state index in [0.29, 0.717) is 40.1 Å². The lowest BCUT2D eigenvalue weighted by Gasteiger charge is -2.22. The Hall–Kier alpha value is -5.44. The van der Waals surface area contributed by atoms with Crippen molar-refractivity contribution >= 4 is 17.3 Å². The molecule has 1 aliphatic heterocycles. The van der Waals surface area contributed by atoms with Gasteiger partial charge in [0.1, 0.15) is 5.82 Å². The summed E-state index contributed by atoms with van der Waals surface area (Å²) in [5.41, 5.74) is 4.28. The number of amides is 1. The van der Waals surface area contributed by atoms with Crippen LogP contribution in [0.25, 0.3) is 16.9 Å². The van der Waals surface area contributed by atoms with Crippen molar-refractivity contribution in [3.8, 4) is 16.9 Å². The second-order valence-electron chi connectivity index (χ2n) is 9.31. The van der Waals surface area contributed by atoms with Gasteiger partial charge in [-0.1, -0.05) is 48.5 Å². The van der Waals surface area contributed by atoms with Crippen LogP contribution >= 0.6 is 0 Å². The maximum absolute atomic E-state index is 13.8. The van der Waals surface area contributed by atoms with Crippen molar-refractivity contribution in [2.24, 2.45) is 5.10 Å². The number of aromatic nitrogens is 2. The van der Waals surface area contributed by atoms with Crippen LogP contribution in [0.2, 0.25) is 0 Å². The lowest BCUT2D eigenvalue weighted by Crippen LogP contribution is -2.27. The van der Waals surface area contributed by atoms with Crippen molar-refractivity contribution in [1.82, 2.24) is 14.8 Å². The van der Waals surface area contributed by atoms with Crippen LogP contribution in [0, 0.1) is 15.9 Å². The molecule has 40 heavy (non-hydrogen) atoms. The normalized spacial score (nSPS) is 14.7. The standard InChI is InChI=1S/C31H22FN5O3/c32-24-16-14-21(15-17-24)30-27(20-35(34-30)25-11-5-2-6-12-25)29-19-28(23-10-7-13-26(18-23)37(39)40)33-36(29)31(38)22-8-3-1-4-9-22/h1-18,20,29H,19H2/t29-/m1/s1. The van der Waals surface area contributed by atoms with E-state index in [9.17, 15) is 19.3 Å². The van der Waals surface area contributed by atoms with Crippen LogP contribution in [0.4, 0.5) is 10.1 Å². The molecular weight excluding hydrogens is 509 g/mol. The number of nitro benzene ring substituents is 1. The molecular formula is C31H22FN5O3. The van der Waals surface area contributed by atoms with Gasteiger partial charge in [-0.05, 0) is 48.5 Å². The molecule has 5 aromatic rings. The number of nitrogens with zero attached hydrogens (tertiary/aromatic N) is 5. The zero-order valence-corrected chi connectivity index (χ0v) is 21.1. The van der Waals surface area contributed by atoms with E-state index in [1.165, 1.54) is 29.3 Å². The molecule has 196 valence electrons. The van der Waals surface area contributed by atoms with Crippen LogP contribution in [0.3, 0.4) is 0 Å². The zero-order chi connectivity index (χ0) is 27.6. The van der Waals surface area contributed by atoms with E-state index >= 15 is 0 Å². The minimum absolute atomic E-state index is 0.0616. The summed E-state index contributed by atoms with van der Waals surface area (Å²) in [6, 6.07) is 30.0. The first-order chi connectivity index (χ1) is 19.5. The topological polar surface area (TPSA) is 93.6 Å². The van der Waals surface area contributed by atoms with Gasteiger partial charge in [0.25, 0.3) is 11.6 Å². The van der Waals surface area contributed by atoms with E-state index in [1.54, 1.807) is 53.2 Å². The molecule has 8 nitrogen and oxygen atoms in total. The van der Waals surface area contributed by atoms with Gasteiger partial charge in [0.2, 0.25) is 0 Å². The first-order valence-corrected chi connectivity index (χ1v) is 12.6. The zero-order valence-electron chi connectivity index (χ0n) is 21.1. The molecule has 6 rings (SSSR count). The van der Waals surface area contributed by atoms with Crippen molar-refractivity contribution in [1.29, 1.82) is 0 Å². The Bertz CT molecular complexity index is 1730. The molecule has 0 bridgehead atoms. The SMILES string of the molecule is O=C(c1ccccc1)N1N=C(c2cccc([N+](=O)[O-])c2)C[C@@H]1c1cn(-c2ccccc2)nc1-c1ccc(F)cc1. The number of nitro groups is 1. The minimum Gasteiger partial charge on any atom is -0.267 e. The van der Waals surface area contributed by atoms with Crippen molar-refractivity contribution in [2.75, 3.05) is 0 Å². The Morgan fingerprint density at radius 3 is 2.27 bits per heavy atom. The summed E-state index contributed by atoms with van der Waals surface area (Å²) < 4.78 is 15.5. The lowest BCUT2D eigenvalue weighted by molar-refractivity contribution is -0.384. The van der Waals surface area contributed by atoms with Gasteiger partial charge in [-0.2, -0.15) is 10.2 Å². The quantitative estimate of drug-likeness (QED) is 0.183. The van der Waals surface area contributed by atoms with E-state index in [-0.39, 0.29) is 17.4 Å². The monoisotopic (exact) mass is 531 g/mol. The van der Waals surface area contributed by atoms with Crippen molar-refractivity contribution in [3.05, 3.63) is 148 Å². The van der Waals surface area contributed by atoms with Crippen molar-refractivity contribution < 1.29 is 14.1 Å². The molecule has 0 radical (unpaired) electrons. The molecule has 0 N–H and O–H groups in total. The third-order valence-electron chi connectivity index (χ3n) is 6.77. The second kappa shape index (κ2) is 10.4. The van der Waals surface area contributed by atoms with Gasteiger partial charge in [0, 0.05) is 47.0 Å². The predicted octanol–water partition coefficient (Wildman–Crippen LogP) is 6.58. The molecule has 9 heteroatoms. The summed E-state index contributed by atoms with van der Waals surface area (Å²) in [6.07, 6.45) is 2.16. The van der Waals surface area contributed by atoms with Crippen molar-refractivity contribution in [2.45, 2.75) is 12.5 Å². The average Bonchev–Trinajstić information content (AvgIpc) is 3.64. The summed E-state index contributed by atoms with van der Waals surface area (Å²) in [5, 5.41) is 22.4. The van der Waals surface area contributed by atoms with Gasteiger partial charge in [0.15, 0.2) is 0 Å². The van der Waals surface area contributed by atoms with Gasteiger partial charge < -0.3 is 0 Å². The fourth-order valence-corrected chi connectivity index (χ4v) is 4.80. The summed E-state index contributed by atoms with van der Waals surface area (Å²) in [4.78, 5) is 24.8. The van der Waals surface area contributed by atoms with Gasteiger partial charge in [-0.15, -0.1) is 0 Å². The highest BCUT2D eigenvalue weighted by Crippen LogP contribution is 2.39. The molecule has 2 heterocycles. The van der Waals surface area contributed by atoms with Crippen LogP contribution in [0.15, 0.2) is 120 Å². The van der Waals surface area contributed by atoms with Crippen molar-refractivity contribution in [3.63, 3.8) is 0 Å². The average molecular weight is 532 g/mol. The summed E-state index contributed by atoms with van der Waals surface area (Å²) in [5.74, 6) is -0.686. The van der Waals surface area contributed by atoms with Gasteiger partial charge in [-0.25, -0.2) is 14.1 Å². The van der Waals surface area contributed by atoms with Crippen LogP contribution in [-0.4, -0.2) is 31.3 Å². The molecule has 0 unspecified atom stereocenters. The molecule has 4 aromatic carbocycles. The van der Waals surface area contributed by atoms with Gasteiger partial charge in [-0.3, -0.25) is 14.9 Å². The third-order valence-corrected chi connectivity index (χ3v) is 6.77. The summed E-state index contributed by atoms with van der Waals surface area (Å²) in [6.45, 7) is 0. The maximum Gasteiger partial charge on any atom is 0.274 e. The predicted molar refractivity (Wildman–Crippen MR) is 149 cm³/mol. The maximum atomic E-state index is 13.8. The van der Waals surface area contributed by atoms with Crippen LogP contribution in [0.1, 0.15) is 33.9 Å². The summed E-state index contributed by atoms with van der Waals surface area (Å²) >= 11 is 0. The molecule has 1 amide bonds. The Morgan fingerprint density at radius 2 is 1.57 bits per heavy atom. The molecule has 0 aliphatic carbocycles. The van der Waals surface area contributed by atoms with Crippen LogP contribution in [-0.2, 0) is 0 Å².